The van der Waals surface area contributed by atoms with Crippen LogP contribution in [0.25, 0.3) is 0 Å². The van der Waals surface area contributed by atoms with Crippen molar-refractivity contribution in [1.29, 1.82) is 0 Å². The second-order valence-electron chi connectivity index (χ2n) is 8.51. The van der Waals surface area contributed by atoms with Gasteiger partial charge in [0.15, 0.2) is 0 Å². The Hall–Kier alpha value is -1.62. The summed E-state index contributed by atoms with van der Waals surface area (Å²) in [7, 11) is 0. The van der Waals surface area contributed by atoms with Crippen LogP contribution in [0.1, 0.15) is 78.4 Å². The normalized spacial score (nSPS) is 44.9. The van der Waals surface area contributed by atoms with Gasteiger partial charge < -0.3 is 14.6 Å². The Morgan fingerprint density at radius 1 is 1.45 bits per heavy atom. The number of aliphatic hydroxyl groups is 1. The molecule has 0 bridgehead atoms. The average molecular weight is 414 g/mol. The third-order valence-corrected chi connectivity index (χ3v) is 6.24. The standard InChI is InChI=1S/C24H36O5/c1-5-15(3)24(27)29-21-11-14(2)10-17-7-6-16(4)20(23(17)21)9-8-19-12-18(25)13-22(26)28-19/h6-7,10,14-16,18-21,23,25H,5,8-9,11-13H2,1-4H3/t14-,15?,16-,18+,19+,20-,21-,23-/m0/s1/i1D3,3D3,5D2,15D. The fourth-order valence-corrected chi connectivity index (χ4v) is 4.89. The van der Waals surface area contributed by atoms with Gasteiger partial charge in [-0.1, -0.05) is 45.8 Å². The lowest BCUT2D eigenvalue weighted by molar-refractivity contribution is -0.162. The second-order valence-corrected chi connectivity index (χ2v) is 8.51. The highest BCUT2D eigenvalue weighted by Crippen LogP contribution is 2.45. The van der Waals surface area contributed by atoms with Gasteiger partial charge in [0.05, 0.1) is 18.4 Å². The number of carbonyl (C=O) groups is 2. The van der Waals surface area contributed by atoms with Gasteiger partial charge in [-0.15, -0.1) is 0 Å². The van der Waals surface area contributed by atoms with Crippen LogP contribution in [0.2, 0.25) is 0 Å². The Bertz CT molecular complexity index is 973. The second kappa shape index (κ2) is 9.46. The first-order valence-corrected chi connectivity index (χ1v) is 10.3. The molecule has 1 N–H and O–H groups in total. The highest BCUT2D eigenvalue weighted by molar-refractivity contribution is 5.72. The van der Waals surface area contributed by atoms with Gasteiger partial charge in [-0.05, 0) is 49.0 Å². The number of hydrogen-bond acceptors (Lipinski definition) is 5. The summed E-state index contributed by atoms with van der Waals surface area (Å²) < 4.78 is 81.2. The zero-order valence-corrected chi connectivity index (χ0v) is 16.9. The highest BCUT2D eigenvalue weighted by atomic mass is 16.5. The van der Waals surface area contributed by atoms with Crippen LogP contribution in [0.5, 0.6) is 0 Å². The quantitative estimate of drug-likeness (QED) is 0.661. The van der Waals surface area contributed by atoms with Crippen LogP contribution in [-0.4, -0.2) is 35.4 Å². The maximum atomic E-state index is 13.3. The number of rotatable bonds is 6. The Labute approximate surface area is 187 Å². The van der Waals surface area contributed by atoms with Gasteiger partial charge in [-0.3, -0.25) is 9.59 Å². The molecule has 3 rings (SSSR count). The van der Waals surface area contributed by atoms with Gasteiger partial charge >= 0.3 is 11.9 Å². The van der Waals surface area contributed by atoms with Crippen LogP contribution in [0.3, 0.4) is 0 Å². The molecule has 0 radical (unpaired) electrons. The first kappa shape index (κ1) is 12.9. The Kier molecular flexibility index (Phi) is 4.22. The van der Waals surface area contributed by atoms with E-state index in [1.807, 2.05) is 32.1 Å². The van der Waals surface area contributed by atoms with Crippen LogP contribution >= 0.6 is 0 Å². The molecule has 0 saturated carbocycles. The van der Waals surface area contributed by atoms with Gasteiger partial charge in [0.1, 0.15) is 12.2 Å². The first-order chi connectivity index (χ1) is 17.3. The van der Waals surface area contributed by atoms with Crippen molar-refractivity contribution in [1.82, 2.24) is 0 Å². The number of ether oxygens (including phenoxy) is 2. The van der Waals surface area contributed by atoms with Crippen LogP contribution in [0.15, 0.2) is 23.8 Å². The molecule has 1 unspecified atom stereocenters. The molecule has 5 nitrogen and oxygen atoms in total. The molecule has 0 aromatic heterocycles. The summed E-state index contributed by atoms with van der Waals surface area (Å²) in [6.45, 7) is -3.33. The molecule has 0 spiro atoms. The van der Waals surface area contributed by atoms with E-state index in [-0.39, 0.29) is 30.6 Å². The maximum Gasteiger partial charge on any atom is 0.308 e. The monoisotopic (exact) mass is 413 g/mol. The maximum absolute atomic E-state index is 13.3. The van der Waals surface area contributed by atoms with E-state index < -0.39 is 62.1 Å². The molecule has 0 aromatic rings. The molecule has 0 aromatic carbocycles. The number of carbonyl (C=O) groups excluding carboxylic acids is 2. The number of aliphatic hydroxyl groups excluding tert-OH is 1. The van der Waals surface area contributed by atoms with E-state index >= 15 is 0 Å². The van der Waals surface area contributed by atoms with E-state index in [2.05, 4.69) is 0 Å². The summed E-state index contributed by atoms with van der Waals surface area (Å²) in [5.74, 6) is -6.53. The van der Waals surface area contributed by atoms with Crippen molar-refractivity contribution in [2.45, 2.75) is 84.3 Å². The van der Waals surface area contributed by atoms with Gasteiger partial charge in [-0.2, -0.15) is 0 Å². The van der Waals surface area contributed by atoms with Crippen molar-refractivity contribution in [2.75, 3.05) is 0 Å². The van der Waals surface area contributed by atoms with Gasteiger partial charge in [-0.25, -0.2) is 0 Å². The molecule has 1 saturated heterocycles. The van der Waals surface area contributed by atoms with E-state index in [1.54, 1.807) is 0 Å². The van der Waals surface area contributed by atoms with Crippen LogP contribution in [0, 0.1) is 29.6 Å². The van der Waals surface area contributed by atoms with Crippen LogP contribution in [0.4, 0.5) is 0 Å². The summed E-state index contributed by atoms with van der Waals surface area (Å²) in [5.41, 5.74) is 0.855. The fraction of sp³-hybridized carbons (Fsp3) is 0.750. The molecule has 1 heterocycles. The van der Waals surface area contributed by atoms with Crippen molar-refractivity contribution < 1.29 is 36.5 Å². The molecule has 5 heteroatoms. The average Bonchev–Trinajstić information content (AvgIpc) is 2.75. The van der Waals surface area contributed by atoms with Crippen molar-refractivity contribution in [3.63, 3.8) is 0 Å². The van der Waals surface area contributed by atoms with E-state index in [4.69, 9.17) is 21.8 Å². The van der Waals surface area contributed by atoms with E-state index in [0.717, 1.165) is 5.57 Å². The number of fused-ring (bicyclic) bond motifs is 1. The molecular formula is C24H36O5. The summed E-state index contributed by atoms with van der Waals surface area (Å²) in [6, 6.07) is 0. The minimum Gasteiger partial charge on any atom is -0.462 e. The molecular weight excluding hydrogens is 368 g/mol. The smallest absolute Gasteiger partial charge is 0.308 e. The Morgan fingerprint density at radius 3 is 3.00 bits per heavy atom. The Balaban J connectivity index is 1.90. The summed E-state index contributed by atoms with van der Waals surface area (Å²) in [5, 5.41) is 9.95. The lowest BCUT2D eigenvalue weighted by atomic mass is 9.65. The lowest BCUT2D eigenvalue weighted by Gasteiger charge is -2.43. The minimum atomic E-state index is -3.72. The van der Waals surface area contributed by atoms with E-state index in [1.165, 1.54) is 0 Å². The van der Waals surface area contributed by atoms with Crippen LogP contribution < -0.4 is 0 Å². The third kappa shape index (κ3) is 5.30. The van der Waals surface area contributed by atoms with E-state index in [9.17, 15) is 14.7 Å². The molecule has 1 aliphatic heterocycles. The van der Waals surface area contributed by atoms with Crippen molar-refractivity contribution in [2.24, 2.45) is 29.6 Å². The molecule has 8 atom stereocenters. The largest absolute Gasteiger partial charge is 0.462 e. The van der Waals surface area contributed by atoms with Gasteiger partial charge in [0.25, 0.3) is 0 Å². The lowest BCUT2D eigenvalue weighted by Crippen LogP contribution is -2.42. The molecule has 0 amide bonds. The predicted octanol–water partition coefficient (Wildman–Crippen LogP) is 4.20. The van der Waals surface area contributed by atoms with E-state index in [0.29, 0.717) is 19.3 Å². The van der Waals surface area contributed by atoms with Gasteiger partial charge in [0.2, 0.25) is 0 Å². The summed E-state index contributed by atoms with van der Waals surface area (Å²) in [6.07, 6.45) is 1.58. The van der Waals surface area contributed by atoms with Crippen LogP contribution in [-0.2, 0) is 19.1 Å². The molecule has 1 fully saturated rings. The fourth-order valence-electron chi connectivity index (χ4n) is 4.89. The highest BCUT2D eigenvalue weighted by Gasteiger charge is 2.42. The topological polar surface area (TPSA) is 72.8 Å². The summed E-state index contributed by atoms with van der Waals surface area (Å²) >= 11 is 0. The molecule has 29 heavy (non-hydrogen) atoms. The molecule has 2 aliphatic carbocycles. The summed E-state index contributed by atoms with van der Waals surface area (Å²) in [4.78, 5) is 25.1. The number of cyclic esters (lactones) is 1. The number of hydrogen-bond donors (Lipinski definition) is 1. The zero-order chi connectivity index (χ0) is 28.8. The molecule has 162 valence electrons. The Morgan fingerprint density at radius 2 is 2.28 bits per heavy atom. The van der Waals surface area contributed by atoms with Crippen molar-refractivity contribution in [3.05, 3.63) is 23.8 Å². The number of esters is 2. The van der Waals surface area contributed by atoms with Crippen molar-refractivity contribution in [3.8, 4) is 0 Å². The number of allylic oxidation sites excluding steroid dienone is 3. The third-order valence-electron chi connectivity index (χ3n) is 6.24. The predicted molar refractivity (Wildman–Crippen MR) is 111 cm³/mol. The van der Waals surface area contributed by atoms with Crippen molar-refractivity contribution >= 4 is 11.9 Å². The molecule has 3 aliphatic rings. The SMILES string of the molecule is [2H]C([2H])([2H])C([2H])([2H])C([2H])(C(=O)O[C@H]1C[C@@H](C)C=C2C=C[C@H](C)[C@H](CC[C@@H]3C[C@@H](O)CC(=O)O3)[C@H]21)C([2H])([2H])[2H]. The zero-order valence-electron chi connectivity index (χ0n) is 25.9. The first-order valence-electron chi connectivity index (χ1n) is 14.8. The minimum absolute atomic E-state index is 0.00633. The van der Waals surface area contributed by atoms with Gasteiger partial charge in [0, 0.05) is 24.7 Å².